The largest absolute Gasteiger partial charge is 0.464 e. The fourth-order valence-corrected chi connectivity index (χ4v) is 1.37. The molecule has 1 aromatic heterocycles. The van der Waals surface area contributed by atoms with Crippen molar-refractivity contribution >= 4 is 18.7 Å². The topological polar surface area (TPSA) is 31.2 Å². The Hall–Kier alpha value is -1.19. The summed E-state index contributed by atoms with van der Waals surface area (Å²) < 4.78 is 6.44. The second-order valence-electron chi connectivity index (χ2n) is 3.67. The predicted molar refractivity (Wildman–Crippen MR) is 57.2 cm³/mol. The van der Waals surface area contributed by atoms with Gasteiger partial charge in [0.25, 0.3) is 0 Å². The molecule has 0 aliphatic heterocycles. The number of carbonyl (C=O) groups is 1. The zero-order chi connectivity index (χ0) is 10.7. The van der Waals surface area contributed by atoms with Gasteiger partial charge in [0.15, 0.2) is 7.28 Å². The van der Waals surface area contributed by atoms with E-state index < -0.39 is 0 Å². The van der Waals surface area contributed by atoms with Gasteiger partial charge in [0, 0.05) is 7.05 Å². The van der Waals surface area contributed by atoms with Crippen molar-refractivity contribution in [3.05, 3.63) is 18.0 Å². The normalized spacial score (nSPS) is 10.4. The van der Waals surface area contributed by atoms with Crippen LogP contribution in [0, 0.1) is 0 Å². The van der Waals surface area contributed by atoms with E-state index in [0.717, 1.165) is 5.46 Å². The van der Waals surface area contributed by atoms with Crippen molar-refractivity contribution < 1.29 is 9.53 Å². The summed E-state index contributed by atoms with van der Waals surface area (Å²) >= 11 is 0. The molecule has 1 heterocycles. The van der Waals surface area contributed by atoms with Crippen molar-refractivity contribution in [2.75, 3.05) is 7.11 Å². The Morgan fingerprint density at radius 1 is 1.57 bits per heavy atom. The summed E-state index contributed by atoms with van der Waals surface area (Å²) in [5.74, 6) is 0.179. The molecular weight excluding hydrogens is 177 g/mol. The summed E-state index contributed by atoms with van der Waals surface area (Å²) in [4.78, 5) is 11.3. The van der Waals surface area contributed by atoms with Crippen molar-refractivity contribution in [2.45, 2.75) is 19.7 Å². The molecule has 0 fully saturated rings. The summed E-state index contributed by atoms with van der Waals surface area (Å²) in [5, 5.41) is 0. The van der Waals surface area contributed by atoms with Gasteiger partial charge >= 0.3 is 5.97 Å². The van der Waals surface area contributed by atoms with Crippen molar-refractivity contribution in [2.24, 2.45) is 7.05 Å². The molecule has 0 aliphatic carbocycles. The maximum atomic E-state index is 11.3. The highest BCUT2D eigenvalue weighted by Crippen LogP contribution is 2.03. The zero-order valence-corrected chi connectivity index (χ0v) is 9.07. The standard InChI is InChI=1S/C10H15BNO2/c1-7(2)11-8-5-9(10(13)14-4)12(3)6-8/h5-7H,1-4H3. The number of ether oxygens (including phenoxy) is 1. The third-order valence-corrected chi connectivity index (χ3v) is 1.95. The first-order chi connectivity index (χ1) is 6.54. The number of nitrogens with zero attached hydrogens (tertiary/aromatic N) is 1. The smallest absolute Gasteiger partial charge is 0.354 e. The van der Waals surface area contributed by atoms with Crippen molar-refractivity contribution in [3.8, 4) is 0 Å². The predicted octanol–water partition coefficient (Wildman–Crippen LogP) is 0.969. The minimum atomic E-state index is -0.295. The monoisotopic (exact) mass is 192 g/mol. The summed E-state index contributed by atoms with van der Waals surface area (Å²) in [6.07, 6.45) is 1.92. The Kier molecular flexibility index (Phi) is 3.39. The molecule has 0 spiro atoms. The number of aryl methyl sites for hydroxylation is 1. The highest BCUT2D eigenvalue weighted by Gasteiger charge is 2.12. The summed E-state index contributed by atoms with van der Waals surface area (Å²) in [6, 6.07) is 1.84. The number of hydrogen-bond acceptors (Lipinski definition) is 2. The highest BCUT2D eigenvalue weighted by atomic mass is 16.5. The summed E-state index contributed by atoms with van der Waals surface area (Å²) in [6.45, 7) is 4.20. The molecular formula is C10H15BNO2. The molecule has 0 atom stereocenters. The highest BCUT2D eigenvalue weighted by molar-refractivity contribution is 6.54. The van der Waals surface area contributed by atoms with Crippen LogP contribution >= 0.6 is 0 Å². The molecule has 0 amide bonds. The van der Waals surface area contributed by atoms with Crippen LogP contribution in [0.4, 0.5) is 0 Å². The Morgan fingerprint density at radius 3 is 2.71 bits per heavy atom. The van der Waals surface area contributed by atoms with Gasteiger partial charge in [-0.05, 0) is 12.3 Å². The van der Waals surface area contributed by atoms with Gasteiger partial charge in [-0.15, -0.1) is 0 Å². The van der Waals surface area contributed by atoms with Crippen LogP contribution in [0.5, 0.6) is 0 Å². The van der Waals surface area contributed by atoms with Gasteiger partial charge in [-0.25, -0.2) is 4.79 Å². The van der Waals surface area contributed by atoms with Crippen LogP contribution in [0.1, 0.15) is 24.3 Å². The number of hydrogen-bond donors (Lipinski definition) is 0. The van der Waals surface area contributed by atoms with Gasteiger partial charge in [-0.2, -0.15) is 0 Å². The van der Waals surface area contributed by atoms with Crippen LogP contribution in [0.3, 0.4) is 0 Å². The molecule has 1 aromatic rings. The lowest BCUT2D eigenvalue weighted by molar-refractivity contribution is 0.0590. The minimum absolute atomic E-state index is 0.295. The van der Waals surface area contributed by atoms with Crippen LogP contribution in [0.2, 0.25) is 5.82 Å². The van der Waals surface area contributed by atoms with Gasteiger partial charge in [0.05, 0.1) is 7.11 Å². The Balaban J connectivity index is 2.87. The van der Waals surface area contributed by atoms with Crippen LogP contribution in [0.25, 0.3) is 0 Å². The lowest BCUT2D eigenvalue weighted by Gasteiger charge is -1.98. The molecule has 1 radical (unpaired) electrons. The van der Waals surface area contributed by atoms with E-state index in [1.165, 1.54) is 7.11 Å². The molecule has 0 saturated heterocycles. The molecule has 0 aromatic carbocycles. The first-order valence-electron chi connectivity index (χ1n) is 4.64. The zero-order valence-electron chi connectivity index (χ0n) is 9.07. The van der Waals surface area contributed by atoms with Crippen LogP contribution in [-0.4, -0.2) is 24.9 Å². The molecule has 75 valence electrons. The summed E-state index contributed by atoms with van der Waals surface area (Å²) in [5.41, 5.74) is 1.64. The van der Waals surface area contributed by atoms with E-state index in [4.69, 9.17) is 0 Å². The van der Waals surface area contributed by atoms with Crippen LogP contribution in [-0.2, 0) is 11.8 Å². The summed E-state index contributed by atoms with van der Waals surface area (Å²) in [7, 11) is 5.33. The number of rotatable bonds is 3. The molecule has 0 aliphatic rings. The fourth-order valence-electron chi connectivity index (χ4n) is 1.37. The first kappa shape index (κ1) is 10.9. The Bertz CT molecular complexity index is 331. The van der Waals surface area contributed by atoms with Crippen molar-refractivity contribution in [3.63, 3.8) is 0 Å². The fraction of sp³-hybridized carbons (Fsp3) is 0.500. The third-order valence-electron chi connectivity index (χ3n) is 1.95. The van der Waals surface area contributed by atoms with E-state index in [1.54, 1.807) is 4.57 Å². The Morgan fingerprint density at radius 2 is 2.21 bits per heavy atom. The first-order valence-corrected chi connectivity index (χ1v) is 4.64. The lowest BCUT2D eigenvalue weighted by Crippen LogP contribution is -2.14. The average molecular weight is 192 g/mol. The number of methoxy groups -OCH3 is 1. The molecule has 0 saturated carbocycles. The lowest BCUT2D eigenvalue weighted by atomic mass is 9.61. The molecule has 4 heteroatoms. The van der Waals surface area contributed by atoms with Gasteiger partial charge in [0.1, 0.15) is 5.69 Å². The maximum Gasteiger partial charge on any atom is 0.354 e. The molecule has 1 rings (SSSR count). The van der Waals surface area contributed by atoms with Crippen LogP contribution < -0.4 is 5.46 Å². The molecule has 14 heavy (non-hydrogen) atoms. The van der Waals surface area contributed by atoms with E-state index in [0.29, 0.717) is 11.5 Å². The van der Waals surface area contributed by atoms with E-state index in [2.05, 4.69) is 25.9 Å². The molecule has 0 N–H and O–H groups in total. The number of aromatic nitrogens is 1. The molecule has 3 nitrogen and oxygen atoms in total. The SMILES string of the molecule is COC(=O)c1cc([B]C(C)C)cn1C. The second kappa shape index (κ2) is 4.35. The van der Waals surface area contributed by atoms with E-state index >= 15 is 0 Å². The number of esters is 1. The second-order valence-corrected chi connectivity index (χ2v) is 3.67. The minimum Gasteiger partial charge on any atom is -0.464 e. The van der Waals surface area contributed by atoms with E-state index in [-0.39, 0.29) is 5.97 Å². The van der Waals surface area contributed by atoms with Gasteiger partial charge in [0.2, 0.25) is 0 Å². The molecule has 0 bridgehead atoms. The van der Waals surface area contributed by atoms with Crippen molar-refractivity contribution in [1.82, 2.24) is 4.57 Å². The van der Waals surface area contributed by atoms with Crippen molar-refractivity contribution in [1.29, 1.82) is 0 Å². The quantitative estimate of drug-likeness (QED) is 0.527. The number of carbonyl (C=O) groups excluding carboxylic acids is 1. The van der Waals surface area contributed by atoms with E-state index in [9.17, 15) is 4.79 Å². The van der Waals surface area contributed by atoms with Gasteiger partial charge in [-0.1, -0.05) is 25.1 Å². The average Bonchev–Trinajstić information content (AvgIpc) is 2.44. The van der Waals surface area contributed by atoms with Gasteiger partial charge < -0.3 is 9.30 Å². The Labute approximate surface area is 85.3 Å². The van der Waals surface area contributed by atoms with Gasteiger partial charge in [-0.3, -0.25) is 0 Å². The van der Waals surface area contributed by atoms with Crippen LogP contribution in [0.15, 0.2) is 12.3 Å². The molecule has 0 unspecified atom stereocenters. The van der Waals surface area contributed by atoms with E-state index in [1.807, 2.05) is 19.3 Å². The maximum absolute atomic E-state index is 11.3. The third kappa shape index (κ3) is 2.40.